The van der Waals surface area contributed by atoms with E-state index in [0.717, 1.165) is 13.1 Å². The van der Waals surface area contributed by atoms with E-state index in [1.54, 1.807) is 5.01 Å². The van der Waals surface area contributed by atoms with Crippen molar-refractivity contribution in [1.29, 1.82) is 0 Å². The minimum absolute atomic E-state index is 0.525. The molecule has 6 N–H and O–H groups in total. The molecular formula is C5H12N6O2. The fraction of sp³-hybridized carbons (Fsp3) is 0.600. The maximum atomic E-state index is 10.9. The number of nitrogens with zero attached hydrogens (tertiary/aromatic N) is 1. The largest absolute Gasteiger partial charge is 0.350 e. The predicted octanol–water partition coefficient (Wildman–Crippen LogP) is -2.35. The number of amides is 4. The molecule has 1 aliphatic rings. The van der Waals surface area contributed by atoms with Crippen LogP contribution in [-0.2, 0) is 0 Å². The topological polar surface area (TPSA) is 112 Å². The second kappa shape index (κ2) is 4.48. The van der Waals surface area contributed by atoms with Crippen molar-refractivity contribution in [3.05, 3.63) is 0 Å². The highest BCUT2D eigenvalue weighted by atomic mass is 16.2. The Bertz CT molecular complexity index is 201. The van der Waals surface area contributed by atoms with Crippen LogP contribution in [0.5, 0.6) is 0 Å². The van der Waals surface area contributed by atoms with Crippen LogP contribution in [-0.4, -0.2) is 36.8 Å². The number of primary amides is 1. The molecule has 8 nitrogen and oxygen atoms in total. The summed E-state index contributed by atoms with van der Waals surface area (Å²) in [6, 6.07) is -1.34. The van der Waals surface area contributed by atoms with Gasteiger partial charge in [0.25, 0.3) is 0 Å². The number of nitrogens with one attached hydrogen (secondary N) is 4. The standard InChI is InChI=1S/C5H12N6O2/c6-4(12)8-9-5(13)10-11-2-1-7-3-11/h7H,1-3H2,(H3,6,8,12)(H2,9,10,13). The lowest BCUT2D eigenvalue weighted by molar-refractivity contribution is 0.192. The highest BCUT2D eigenvalue weighted by Crippen LogP contribution is 1.85. The first-order valence-electron chi connectivity index (χ1n) is 3.76. The van der Waals surface area contributed by atoms with Gasteiger partial charge in [-0.2, -0.15) is 0 Å². The number of carbonyl (C=O) groups excluding carboxylic acids is 2. The fourth-order valence-corrected chi connectivity index (χ4v) is 0.892. The van der Waals surface area contributed by atoms with Crippen molar-refractivity contribution in [1.82, 2.24) is 26.6 Å². The summed E-state index contributed by atoms with van der Waals surface area (Å²) in [7, 11) is 0. The number of carbonyl (C=O) groups is 2. The third-order valence-corrected chi connectivity index (χ3v) is 1.42. The Kier molecular flexibility index (Phi) is 3.29. The van der Waals surface area contributed by atoms with Crippen LogP contribution < -0.4 is 27.3 Å². The van der Waals surface area contributed by atoms with Crippen molar-refractivity contribution >= 4 is 12.1 Å². The Morgan fingerprint density at radius 2 is 2.15 bits per heavy atom. The van der Waals surface area contributed by atoms with E-state index in [1.165, 1.54) is 0 Å². The first kappa shape index (κ1) is 9.55. The van der Waals surface area contributed by atoms with Gasteiger partial charge in [-0.05, 0) is 0 Å². The van der Waals surface area contributed by atoms with Crippen molar-refractivity contribution in [2.75, 3.05) is 19.8 Å². The van der Waals surface area contributed by atoms with Gasteiger partial charge >= 0.3 is 12.1 Å². The predicted molar refractivity (Wildman–Crippen MR) is 44.0 cm³/mol. The molecule has 0 aliphatic carbocycles. The second-order valence-electron chi connectivity index (χ2n) is 2.48. The van der Waals surface area contributed by atoms with Gasteiger partial charge in [0.15, 0.2) is 0 Å². The molecular weight excluding hydrogens is 176 g/mol. The van der Waals surface area contributed by atoms with Crippen molar-refractivity contribution in [3.63, 3.8) is 0 Å². The molecule has 1 fully saturated rings. The Morgan fingerprint density at radius 1 is 1.38 bits per heavy atom. The molecule has 0 bridgehead atoms. The average molecular weight is 188 g/mol. The van der Waals surface area contributed by atoms with Gasteiger partial charge in [-0.15, -0.1) is 0 Å². The first-order valence-corrected chi connectivity index (χ1v) is 3.76. The fourth-order valence-electron chi connectivity index (χ4n) is 0.892. The van der Waals surface area contributed by atoms with E-state index in [0.29, 0.717) is 6.67 Å². The molecule has 0 aromatic rings. The molecule has 0 unspecified atom stereocenters. The van der Waals surface area contributed by atoms with E-state index in [9.17, 15) is 9.59 Å². The van der Waals surface area contributed by atoms with Gasteiger partial charge in [0.1, 0.15) is 0 Å². The van der Waals surface area contributed by atoms with Crippen LogP contribution in [0, 0.1) is 0 Å². The summed E-state index contributed by atoms with van der Waals surface area (Å²) in [5, 5.41) is 4.68. The molecule has 0 atom stereocenters. The van der Waals surface area contributed by atoms with Crippen LogP contribution in [0.4, 0.5) is 9.59 Å². The zero-order chi connectivity index (χ0) is 9.68. The summed E-state index contributed by atoms with van der Waals surface area (Å²) in [5.74, 6) is 0. The van der Waals surface area contributed by atoms with Gasteiger partial charge in [-0.1, -0.05) is 0 Å². The molecule has 1 heterocycles. The van der Waals surface area contributed by atoms with Gasteiger partial charge in [0, 0.05) is 13.1 Å². The molecule has 74 valence electrons. The van der Waals surface area contributed by atoms with Gasteiger partial charge in [-0.3, -0.25) is 5.43 Å². The van der Waals surface area contributed by atoms with Crippen molar-refractivity contribution in [3.8, 4) is 0 Å². The summed E-state index contributed by atoms with van der Waals surface area (Å²) in [5.41, 5.74) is 11.2. The molecule has 4 amide bonds. The molecule has 1 rings (SSSR count). The summed E-state index contributed by atoms with van der Waals surface area (Å²) < 4.78 is 0. The Hall–Kier alpha value is -1.54. The smallest absolute Gasteiger partial charge is 0.348 e. The van der Waals surface area contributed by atoms with E-state index in [-0.39, 0.29) is 0 Å². The lowest BCUT2D eigenvalue weighted by Gasteiger charge is -2.15. The molecule has 1 aliphatic heterocycles. The third kappa shape index (κ3) is 3.58. The van der Waals surface area contributed by atoms with E-state index in [4.69, 9.17) is 5.73 Å². The molecule has 0 radical (unpaired) electrons. The van der Waals surface area contributed by atoms with E-state index < -0.39 is 12.1 Å². The van der Waals surface area contributed by atoms with Crippen LogP contribution in [0.2, 0.25) is 0 Å². The van der Waals surface area contributed by atoms with Crippen LogP contribution >= 0.6 is 0 Å². The maximum Gasteiger partial charge on any atom is 0.348 e. The summed E-state index contributed by atoms with van der Waals surface area (Å²) in [6.07, 6.45) is 0. The van der Waals surface area contributed by atoms with Crippen LogP contribution in [0.1, 0.15) is 0 Å². The van der Waals surface area contributed by atoms with E-state index in [2.05, 4.69) is 16.2 Å². The quantitative estimate of drug-likeness (QED) is 0.296. The molecule has 0 aromatic carbocycles. The van der Waals surface area contributed by atoms with Crippen molar-refractivity contribution in [2.45, 2.75) is 0 Å². The molecule has 1 saturated heterocycles. The normalized spacial score (nSPS) is 16.6. The lowest BCUT2D eigenvalue weighted by Crippen LogP contribution is -2.53. The van der Waals surface area contributed by atoms with Gasteiger partial charge < -0.3 is 11.1 Å². The van der Waals surface area contributed by atoms with E-state index in [1.807, 2.05) is 5.43 Å². The monoisotopic (exact) mass is 188 g/mol. The number of urea groups is 2. The number of rotatable bonds is 1. The number of hydrazine groups is 2. The zero-order valence-corrected chi connectivity index (χ0v) is 6.96. The minimum atomic E-state index is -0.810. The van der Waals surface area contributed by atoms with Gasteiger partial charge in [0.05, 0.1) is 6.67 Å². The highest BCUT2D eigenvalue weighted by molar-refractivity contribution is 5.78. The van der Waals surface area contributed by atoms with Crippen molar-refractivity contribution < 1.29 is 9.59 Å². The molecule has 0 saturated carbocycles. The van der Waals surface area contributed by atoms with Gasteiger partial charge in [-0.25, -0.2) is 25.4 Å². The van der Waals surface area contributed by atoms with Gasteiger partial charge in [0.2, 0.25) is 0 Å². The summed E-state index contributed by atoms with van der Waals surface area (Å²) >= 11 is 0. The number of hydrogen-bond acceptors (Lipinski definition) is 4. The van der Waals surface area contributed by atoms with Crippen molar-refractivity contribution in [2.24, 2.45) is 5.73 Å². The summed E-state index contributed by atoms with van der Waals surface area (Å²) in [4.78, 5) is 21.1. The number of hydrogen-bond donors (Lipinski definition) is 5. The maximum absolute atomic E-state index is 10.9. The van der Waals surface area contributed by atoms with Crippen LogP contribution in [0.25, 0.3) is 0 Å². The second-order valence-corrected chi connectivity index (χ2v) is 2.48. The van der Waals surface area contributed by atoms with E-state index >= 15 is 0 Å². The Morgan fingerprint density at radius 3 is 2.69 bits per heavy atom. The first-order chi connectivity index (χ1) is 6.18. The number of nitrogens with two attached hydrogens (primary N) is 1. The Labute approximate surface area is 74.8 Å². The average Bonchev–Trinajstić information content (AvgIpc) is 2.53. The Balaban J connectivity index is 2.13. The molecule has 13 heavy (non-hydrogen) atoms. The lowest BCUT2D eigenvalue weighted by atomic mass is 10.7. The molecule has 0 spiro atoms. The zero-order valence-electron chi connectivity index (χ0n) is 6.96. The molecule has 0 aromatic heterocycles. The van der Waals surface area contributed by atoms with Crippen LogP contribution in [0.3, 0.4) is 0 Å². The minimum Gasteiger partial charge on any atom is -0.350 e. The third-order valence-electron chi connectivity index (χ3n) is 1.42. The van der Waals surface area contributed by atoms with Crippen LogP contribution in [0.15, 0.2) is 0 Å². The summed E-state index contributed by atoms with van der Waals surface area (Å²) in [6.45, 7) is 2.14. The highest BCUT2D eigenvalue weighted by Gasteiger charge is 2.12. The molecule has 8 heteroatoms. The SMILES string of the molecule is NC(=O)NNC(=O)NN1CCNC1.